The van der Waals surface area contributed by atoms with Crippen LogP contribution in [0.1, 0.15) is 25.3 Å². The second kappa shape index (κ2) is 5.93. The van der Waals surface area contributed by atoms with Crippen LogP contribution in [-0.4, -0.2) is 38.9 Å². The van der Waals surface area contributed by atoms with Crippen molar-refractivity contribution in [2.24, 2.45) is 0 Å². The molecule has 1 fully saturated rings. The summed E-state index contributed by atoms with van der Waals surface area (Å²) < 4.78 is 29.5. The summed E-state index contributed by atoms with van der Waals surface area (Å²) in [6.45, 7) is 2.53. The lowest BCUT2D eigenvalue weighted by Crippen LogP contribution is -2.39. The molecule has 6 heteroatoms. The summed E-state index contributed by atoms with van der Waals surface area (Å²) in [7, 11) is -2.09. The van der Waals surface area contributed by atoms with E-state index in [0.717, 1.165) is 12.0 Å². The first-order valence-electron chi connectivity index (χ1n) is 6.68. The number of benzene rings is 1. The van der Waals surface area contributed by atoms with Crippen LogP contribution in [0.3, 0.4) is 0 Å². The van der Waals surface area contributed by atoms with E-state index in [2.05, 4.69) is 0 Å². The van der Waals surface area contributed by atoms with E-state index in [1.54, 1.807) is 36.2 Å². The maximum atomic E-state index is 12.1. The lowest BCUT2D eigenvalue weighted by Gasteiger charge is -2.28. The third-order valence-electron chi connectivity index (χ3n) is 3.50. The molecule has 0 N–H and O–H groups in total. The Balaban J connectivity index is 2.08. The summed E-state index contributed by atoms with van der Waals surface area (Å²) >= 11 is 0. The molecule has 0 radical (unpaired) electrons. The fourth-order valence-electron chi connectivity index (χ4n) is 2.12. The molecule has 1 aliphatic heterocycles. The Labute approximate surface area is 119 Å². The molecular weight excluding hydrogens is 278 g/mol. The number of rotatable bonds is 4. The predicted octanol–water partition coefficient (Wildman–Crippen LogP) is 1.58. The van der Waals surface area contributed by atoms with Crippen molar-refractivity contribution >= 4 is 16.0 Å². The Hall–Kier alpha value is -1.40. The molecule has 0 saturated carbocycles. The van der Waals surface area contributed by atoms with Gasteiger partial charge in [-0.1, -0.05) is 19.1 Å². The Morgan fingerprint density at radius 1 is 1.30 bits per heavy atom. The second-order valence-electron chi connectivity index (χ2n) is 4.98. The van der Waals surface area contributed by atoms with E-state index in [1.807, 2.05) is 6.92 Å². The van der Waals surface area contributed by atoms with Crippen molar-refractivity contribution in [2.75, 3.05) is 13.6 Å². The number of likely N-dealkylation sites (tertiary alicyclic amines) is 1. The molecule has 1 aliphatic rings. The van der Waals surface area contributed by atoms with E-state index < -0.39 is 16.2 Å². The van der Waals surface area contributed by atoms with E-state index in [9.17, 15) is 13.2 Å². The molecule has 1 unspecified atom stereocenters. The average Bonchev–Trinajstić information content (AvgIpc) is 2.43. The minimum absolute atomic E-state index is 0.0854. The van der Waals surface area contributed by atoms with Gasteiger partial charge in [0.15, 0.2) is 0 Å². The van der Waals surface area contributed by atoms with Crippen LogP contribution in [-0.2, 0) is 25.5 Å². The van der Waals surface area contributed by atoms with Gasteiger partial charge in [-0.15, -0.1) is 0 Å². The minimum Gasteiger partial charge on any atom is -0.346 e. The molecule has 1 saturated heterocycles. The van der Waals surface area contributed by atoms with E-state index in [0.29, 0.717) is 13.0 Å². The van der Waals surface area contributed by atoms with Gasteiger partial charge in [0.25, 0.3) is 10.1 Å². The Kier molecular flexibility index (Phi) is 4.45. The zero-order valence-electron chi connectivity index (χ0n) is 11.7. The lowest BCUT2D eigenvalue weighted by atomic mass is 10.1. The standard InChI is InChI=1S/C14H19NO4S/c1-3-11-4-6-13(7-5-11)20(17,18)19-12-8-9-15(2)14(16)10-12/h4-7,12H,3,8-10H2,1-2H3. The molecule has 0 bridgehead atoms. The molecule has 1 aromatic rings. The van der Waals surface area contributed by atoms with Crippen LogP contribution in [0.2, 0.25) is 0 Å². The van der Waals surface area contributed by atoms with Crippen LogP contribution in [0.4, 0.5) is 0 Å². The van der Waals surface area contributed by atoms with Crippen LogP contribution in [0.15, 0.2) is 29.2 Å². The fraction of sp³-hybridized carbons (Fsp3) is 0.500. The number of piperidine rings is 1. The van der Waals surface area contributed by atoms with Crippen molar-refractivity contribution in [1.29, 1.82) is 0 Å². The molecule has 1 amide bonds. The van der Waals surface area contributed by atoms with Crippen molar-refractivity contribution in [3.05, 3.63) is 29.8 Å². The van der Waals surface area contributed by atoms with Crippen LogP contribution in [0, 0.1) is 0 Å². The van der Waals surface area contributed by atoms with Gasteiger partial charge in [-0.05, 0) is 30.5 Å². The van der Waals surface area contributed by atoms with Crippen LogP contribution < -0.4 is 0 Å². The number of carbonyl (C=O) groups is 1. The van der Waals surface area contributed by atoms with E-state index in [1.165, 1.54) is 0 Å². The van der Waals surface area contributed by atoms with E-state index >= 15 is 0 Å². The summed E-state index contributed by atoms with van der Waals surface area (Å²) in [6, 6.07) is 6.64. The van der Waals surface area contributed by atoms with Crippen molar-refractivity contribution in [3.63, 3.8) is 0 Å². The van der Waals surface area contributed by atoms with Crippen molar-refractivity contribution in [2.45, 2.75) is 37.2 Å². The Morgan fingerprint density at radius 2 is 1.95 bits per heavy atom. The molecule has 110 valence electrons. The molecule has 1 aromatic carbocycles. The van der Waals surface area contributed by atoms with Crippen molar-refractivity contribution in [1.82, 2.24) is 4.90 Å². The smallest absolute Gasteiger partial charge is 0.297 e. The summed E-state index contributed by atoms with van der Waals surface area (Å²) in [5.74, 6) is -0.0854. The Bertz CT molecular complexity index is 580. The molecule has 0 aromatic heterocycles. The SMILES string of the molecule is CCc1ccc(S(=O)(=O)OC2CCN(C)C(=O)C2)cc1. The van der Waals surface area contributed by atoms with Gasteiger partial charge < -0.3 is 4.90 Å². The summed E-state index contributed by atoms with van der Waals surface area (Å²) in [6.07, 6.45) is 0.941. The van der Waals surface area contributed by atoms with Gasteiger partial charge in [-0.3, -0.25) is 8.98 Å². The number of hydrogen-bond donors (Lipinski definition) is 0. The first kappa shape index (κ1) is 15.0. The topological polar surface area (TPSA) is 63.7 Å². The number of nitrogens with zero attached hydrogens (tertiary/aromatic N) is 1. The molecular formula is C14H19NO4S. The summed E-state index contributed by atoms with van der Waals surface area (Å²) in [5.41, 5.74) is 1.07. The number of amides is 1. The molecule has 1 atom stereocenters. The second-order valence-corrected chi connectivity index (χ2v) is 6.55. The third-order valence-corrected chi connectivity index (χ3v) is 4.87. The molecule has 0 aliphatic carbocycles. The Morgan fingerprint density at radius 3 is 2.50 bits per heavy atom. The van der Waals surface area contributed by atoms with Crippen LogP contribution in [0.25, 0.3) is 0 Å². The quantitative estimate of drug-likeness (QED) is 0.791. The van der Waals surface area contributed by atoms with Gasteiger partial charge in [0.1, 0.15) is 0 Å². The van der Waals surface area contributed by atoms with E-state index in [4.69, 9.17) is 4.18 Å². The largest absolute Gasteiger partial charge is 0.346 e. The van der Waals surface area contributed by atoms with Crippen molar-refractivity contribution in [3.8, 4) is 0 Å². The normalized spacial score (nSPS) is 20.2. The molecule has 5 nitrogen and oxygen atoms in total. The molecule has 2 rings (SSSR count). The fourth-order valence-corrected chi connectivity index (χ4v) is 3.23. The number of hydrogen-bond acceptors (Lipinski definition) is 4. The van der Waals surface area contributed by atoms with Gasteiger partial charge in [0.2, 0.25) is 5.91 Å². The minimum atomic E-state index is -3.80. The highest BCUT2D eigenvalue weighted by Gasteiger charge is 2.29. The monoisotopic (exact) mass is 297 g/mol. The maximum Gasteiger partial charge on any atom is 0.297 e. The maximum absolute atomic E-state index is 12.1. The van der Waals surface area contributed by atoms with Crippen molar-refractivity contribution < 1.29 is 17.4 Å². The summed E-state index contributed by atoms with van der Waals surface area (Å²) in [4.78, 5) is 13.3. The number of carbonyl (C=O) groups excluding carboxylic acids is 1. The first-order chi connectivity index (χ1) is 9.42. The van der Waals surface area contributed by atoms with Gasteiger partial charge in [0, 0.05) is 13.6 Å². The zero-order chi connectivity index (χ0) is 14.8. The molecule has 0 spiro atoms. The lowest BCUT2D eigenvalue weighted by molar-refractivity contribution is -0.134. The average molecular weight is 297 g/mol. The van der Waals surface area contributed by atoms with Gasteiger partial charge >= 0.3 is 0 Å². The third kappa shape index (κ3) is 3.37. The van der Waals surface area contributed by atoms with Gasteiger partial charge in [0.05, 0.1) is 17.4 Å². The van der Waals surface area contributed by atoms with Gasteiger partial charge in [-0.2, -0.15) is 8.42 Å². The number of aryl methyl sites for hydroxylation is 1. The zero-order valence-corrected chi connectivity index (χ0v) is 12.5. The first-order valence-corrected chi connectivity index (χ1v) is 8.09. The predicted molar refractivity (Wildman–Crippen MR) is 74.7 cm³/mol. The van der Waals surface area contributed by atoms with Crippen LogP contribution >= 0.6 is 0 Å². The van der Waals surface area contributed by atoms with Gasteiger partial charge in [-0.25, -0.2) is 0 Å². The highest BCUT2D eigenvalue weighted by atomic mass is 32.2. The van der Waals surface area contributed by atoms with Crippen LogP contribution in [0.5, 0.6) is 0 Å². The van der Waals surface area contributed by atoms with E-state index in [-0.39, 0.29) is 17.2 Å². The summed E-state index contributed by atoms with van der Waals surface area (Å²) in [5, 5.41) is 0. The highest BCUT2D eigenvalue weighted by molar-refractivity contribution is 7.86. The molecule has 1 heterocycles. The molecule has 20 heavy (non-hydrogen) atoms. The highest BCUT2D eigenvalue weighted by Crippen LogP contribution is 2.21.